The number of halogens is 3. The van der Waals surface area contributed by atoms with Gasteiger partial charge in [0.25, 0.3) is 0 Å². The number of rotatable bonds is 3. The number of alkyl halides is 3. The highest BCUT2D eigenvalue weighted by Crippen LogP contribution is 2.49. The molecule has 7 heteroatoms. The molecule has 2 aliphatic heterocycles. The number of Topliss-reactive ketones (excluding diaryl/α,β-unsaturated/α-hetero) is 1. The van der Waals surface area contributed by atoms with Crippen molar-refractivity contribution in [2.75, 3.05) is 13.2 Å². The van der Waals surface area contributed by atoms with Crippen LogP contribution in [-0.4, -0.2) is 30.6 Å². The van der Waals surface area contributed by atoms with Crippen LogP contribution in [0.3, 0.4) is 0 Å². The zero-order chi connectivity index (χ0) is 24.8. The fourth-order valence-electron chi connectivity index (χ4n) is 6.58. The van der Waals surface area contributed by atoms with E-state index in [4.69, 9.17) is 9.47 Å². The summed E-state index contributed by atoms with van der Waals surface area (Å²) in [7, 11) is 0. The monoisotopic (exact) mass is 490 g/mol. The maximum Gasteiger partial charge on any atom is 0.416 e. The standard InChI is InChI=1S/C28H33F3O4/c1-17-24(27(35-26(17)33)12-10-19(11-13-27)22-15-34-16-22)25(32)20-5-2-4-18-8-9-23(28(29,30)31)14-21(18)7-3-6-20/h8-9,14,19-20,22H,2-7,10-13,15-16H2,1H3. The SMILES string of the molecule is CC1=C(C(=O)C2CCCc3ccc(C(F)(F)F)cc3CCC2)C2(CCC(C3COC3)CC2)OC1=O. The van der Waals surface area contributed by atoms with Crippen molar-refractivity contribution in [2.24, 2.45) is 17.8 Å². The van der Waals surface area contributed by atoms with Gasteiger partial charge in [0.05, 0.1) is 18.8 Å². The highest BCUT2D eigenvalue weighted by molar-refractivity contribution is 6.09. The van der Waals surface area contributed by atoms with Crippen LogP contribution in [0.2, 0.25) is 0 Å². The molecule has 0 amide bonds. The van der Waals surface area contributed by atoms with E-state index < -0.39 is 17.3 Å². The second kappa shape index (κ2) is 9.38. The van der Waals surface area contributed by atoms with Crippen LogP contribution in [0.15, 0.2) is 29.3 Å². The number of benzene rings is 1. The van der Waals surface area contributed by atoms with Crippen LogP contribution < -0.4 is 0 Å². The van der Waals surface area contributed by atoms with Gasteiger partial charge in [-0.2, -0.15) is 13.2 Å². The molecule has 1 saturated heterocycles. The summed E-state index contributed by atoms with van der Waals surface area (Å²) in [4.78, 5) is 26.5. The molecule has 1 spiro atoms. The van der Waals surface area contributed by atoms with E-state index in [9.17, 15) is 22.8 Å². The van der Waals surface area contributed by atoms with Gasteiger partial charge < -0.3 is 9.47 Å². The number of ether oxygens (including phenoxy) is 2. The molecule has 35 heavy (non-hydrogen) atoms. The van der Waals surface area contributed by atoms with Crippen LogP contribution >= 0.6 is 0 Å². The molecule has 0 N–H and O–H groups in total. The first-order valence-electron chi connectivity index (χ1n) is 12.9. The fraction of sp³-hybridized carbons (Fsp3) is 0.643. The molecule has 0 aromatic heterocycles. The molecule has 1 saturated carbocycles. The lowest BCUT2D eigenvalue weighted by Gasteiger charge is -2.42. The molecule has 2 fully saturated rings. The average Bonchev–Trinajstić information content (AvgIpc) is 3.07. The minimum absolute atomic E-state index is 0.0146. The van der Waals surface area contributed by atoms with Crippen LogP contribution in [0.25, 0.3) is 0 Å². The third-order valence-corrected chi connectivity index (χ3v) is 8.74. The molecular weight excluding hydrogens is 457 g/mol. The van der Waals surface area contributed by atoms with Gasteiger partial charge in [0.1, 0.15) is 5.60 Å². The lowest BCUT2D eigenvalue weighted by molar-refractivity contribution is -0.152. The van der Waals surface area contributed by atoms with E-state index >= 15 is 0 Å². The summed E-state index contributed by atoms with van der Waals surface area (Å²) in [5, 5.41) is 0. The number of aryl methyl sites for hydroxylation is 2. The fourth-order valence-corrected chi connectivity index (χ4v) is 6.58. The van der Waals surface area contributed by atoms with Gasteiger partial charge in [-0.3, -0.25) is 4.79 Å². The van der Waals surface area contributed by atoms with Crippen molar-refractivity contribution in [3.8, 4) is 0 Å². The molecule has 190 valence electrons. The zero-order valence-corrected chi connectivity index (χ0v) is 20.2. The van der Waals surface area contributed by atoms with E-state index in [-0.39, 0.29) is 17.7 Å². The molecule has 1 aromatic rings. The predicted molar refractivity (Wildman–Crippen MR) is 124 cm³/mol. The number of ketones is 1. The Bertz CT molecular complexity index is 1030. The Morgan fingerprint density at radius 1 is 0.971 bits per heavy atom. The Labute approximate surface area is 204 Å². The minimum Gasteiger partial charge on any atom is -0.451 e. The number of carbonyl (C=O) groups excluding carboxylic acids is 2. The van der Waals surface area contributed by atoms with E-state index in [1.165, 1.54) is 6.07 Å². The second-order valence-electron chi connectivity index (χ2n) is 10.8. The van der Waals surface area contributed by atoms with Gasteiger partial charge in [0.15, 0.2) is 5.78 Å². The molecule has 4 aliphatic rings. The molecule has 5 rings (SSSR count). The Morgan fingerprint density at radius 2 is 1.63 bits per heavy atom. The predicted octanol–water partition coefficient (Wildman–Crippen LogP) is 6.00. The third-order valence-electron chi connectivity index (χ3n) is 8.74. The average molecular weight is 491 g/mol. The Morgan fingerprint density at radius 3 is 2.23 bits per heavy atom. The number of fused-ring (bicyclic) bond motifs is 1. The Kier molecular flexibility index (Phi) is 6.58. The van der Waals surface area contributed by atoms with E-state index in [0.717, 1.165) is 49.7 Å². The Balaban J connectivity index is 1.31. The molecule has 0 bridgehead atoms. The minimum atomic E-state index is -4.36. The lowest BCUT2D eigenvalue weighted by atomic mass is 9.68. The number of hydrogen-bond acceptors (Lipinski definition) is 4. The third kappa shape index (κ3) is 4.68. The van der Waals surface area contributed by atoms with E-state index in [1.807, 2.05) is 0 Å². The topological polar surface area (TPSA) is 52.6 Å². The van der Waals surface area contributed by atoms with Crippen LogP contribution in [0.1, 0.15) is 75.0 Å². The molecule has 1 aromatic carbocycles. The normalized spacial score (nSPS) is 30.2. The van der Waals surface area contributed by atoms with Gasteiger partial charge in [-0.1, -0.05) is 6.07 Å². The van der Waals surface area contributed by atoms with Crippen molar-refractivity contribution in [3.05, 3.63) is 46.0 Å². The van der Waals surface area contributed by atoms with Gasteiger partial charge in [-0.05, 0) is 100 Å². The molecular formula is C28H33F3O4. The summed E-state index contributed by atoms with van der Waals surface area (Å²) in [5.41, 5.74) is 1.28. The number of hydrogen-bond donors (Lipinski definition) is 0. The van der Waals surface area contributed by atoms with Crippen molar-refractivity contribution in [1.29, 1.82) is 0 Å². The van der Waals surface area contributed by atoms with Crippen LogP contribution in [0.5, 0.6) is 0 Å². The van der Waals surface area contributed by atoms with Crippen LogP contribution in [0, 0.1) is 17.8 Å². The van der Waals surface area contributed by atoms with E-state index in [1.54, 1.807) is 13.0 Å². The van der Waals surface area contributed by atoms with Gasteiger partial charge >= 0.3 is 12.1 Å². The molecule has 1 atom stereocenters. The summed E-state index contributed by atoms with van der Waals surface area (Å²) >= 11 is 0. The van der Waals surface area contributed by atoms with Crippen molar-refractivity contribution >= 4 is 11.8 Å². The number of esters is 1. The maximum absolute atomic E-state index is 13.9. The van der Waals surface area contributed by atoms with Crippen LogP contribution in [0.4, 0.5) is 13.2 Å². The van der Waals surface area contributed by atoms with Crippen molar-refractivity contribution in [1.82, 2.24) is 0 Å². The molecule has 4 nitrogen and oxygen atoms in total. The van der Waals surface area contributed by atoms with Gasteiger partial charge in [-0.25, -0.2) is 4.79 Å². The number of carbonyl (C=O) groups is 2. The van der Waals surface area contributed by atoms with Gasteiger partial charge in [0.2, 0.25) is 0 Å². The smallest absolute Gasteiger partial charge is 0.416 e. The first kappa shape index (κ1) is 24.5. The second-order valence-corrected chi connectivity index (χ2v) is 10.8. The van der Waals surface area contributed by atoms with Gasteiger partial charge in [0, 0.05) is 23.0 Å². The summed E-state index contributed by atoms with van der Waals surface area (Å²) in [6.07, 6.45) is 2.67. The zero-order valence-electron chi connectivity index (χ0n) is 20.2. The first-order chi connectivity index (χ1) is 16.7. The quantitative estimate of drug-likeness (QED) is 0.488. The van der Waals surface area contributed by atoms with Crippen molar-refractivity contribution in [3.63, 3.8) is 0 Å². The highest BCUT2D eigenvalue weighted by atomic mass is 19.4. The summed E-state index contributed by atoms with van der Waals surface area (Å²) < 4.78 is 50.9. The largest absolute Gasteiger partial charge is 0.451 e. The van der Waals surface area contributed by atoms with E-state index in [0.29, 0.717) is 67.9 Å². The summed E-state index contributed by atoms with van der Waals surface area (Å²) in [5.74, 6) is 0.521. The van der Waals surface area contributed by atoms with Crippen LogP contribution in [-0.2, 0) is 38.1 Å². The van der Waals surface area contributed by atoms with E-state index in [2.05, 4.69) is 0 Å². The first-order valence-corrected chi connectivity index (χ1v) is 12.9. The van der Waals surface area contributed by atoms with Gasteiger partial charge in [-0.15, -0.1) is 0 Å². The lowest BCUT2D eigenvalue weighted by Crippen LogP contribution is -2.44. The van der Waals surface area contributed by atoms with Crippen molar-refractivity contribution in [2.45, 2.75) is 82.9 Å². The molecule has 0 radical (unpaired) electrons. The molecule has 2 aliphatic carbocycles. The summed E-state index contributed by atoms with van der Waals surface area (Å²) in [6.45, 7) is 3.31. The Hall–Kier alpha value is -2.15. The highest BCUT2D eigenvalue weighted by Gasteiger charge is 2.52. The molecule has 1 unspecified atom stereocenters. The van der Waals surface area contributed by atoms with Crippen molar-refractivity contribution < 1.29 is 32.2 Å². The summed E-state index contributed by atoms with van der Waals surface area (Å²) in [6, 6.07) is 4.02. The maximum atomic E-state index is 13.9. The molecule has 2 heterocycles.